The Morgan fingerprint density at radius 3 is 2.90 bits per heavy atom. The molecule has 2 rings (SSSR count). The molecule has 0 radical (unpaired) electrons. The van der Waals surface area contributed by atoms with Crippen molar-refractivity contribution < 1.29 is 4.39 Å². The first kappa shape index (κ1) is 15.8. The third-order valence-corrected chi connectivity index (χ3v) is 4.71. The summed E-state index contributed by atoms with van der Waals surface area (Å²) in [7, 11) is 0. The molecule has 20 heavy (non-hydrogen) atoms. The van der Waals surface area contributed by atoms with E-state index in [-0.39, 0.29) is 11.4 Å². The molecule has 0 heterocycles. The smallest absolute Gasteiger partial charge is 0.123 e. The van der Waals surface area contributed by atoms with Gasteiger partial charge in [-0.05, 0) is 61.3 Å². The first-order chi connectivity index (χ1) is 9.38. The molecular weight excluding hydrogens is 273 g/mol. The fraction of sp³-hybridized carbons (Fsp3) is 0.647. The first-order valence-corrected chi connectivity index (χ1v) is 7.98. The highest BCUT2D eigenvalue weighted by atomic mass is 35.5. The van der Waals surface area contributed by atoms with Gasteiger partial charge in [-0.3, -0.25) is 0 Å². The van der Waals surface area contributed by atoms with Crippen LogP contribution in [0.15, 0.2) is 18.2 Å². The predicted molar refractivity (Wildman–Crippen MR) is 83.4 cm³/mol. The zero-order valence-corrected chi connectivity index (χ0v) is 13.2. The Labute approximate surface area is 126 Å². The molecule has 2 N–H and O–H groups in total. The molecule has 112 valence electrons. The highest BCUT2D eigenvalue weighted by molar-refractivity contribution is 6.31. The van der Waals surface area contributed by atoms with Crippen LogP contribution in [0, 0.1) is 17.7 Å². The molecule has 0 saturated heterocycles. The molecule has 1 aliphatic carbocycles. The molecule has 2 unspecified atom stereocenters. The highest BCUT2D eigenvalue weighted by Crippen LogP contribution is 2.37. The van der Waals surface area contributed by atoms with Gasteiger partial charge in [0.1, 0.15) is 5.82 Å². The Balaban J connectivity index is 2.08. The van der Waals surface area contributed by atoms with Crippen LogP contribution < -0.4 is 5.73 Å². The van der Waals surface area contributed by atoms with Gasteiger partial charge in [0.05, 0.1) is 0 Å². The maximum atomic E-state index is 13.4. The summed E-state index contributed by atoms with van der Waals surface area (Å²) in [4.78, 5) is 0. The lowest BCUT2D eigenvalue weighted by Gasteiger charge is -2.39. The lowest BCUT2D eigenvalue weighted by Crippen LogP contribution is -2.46. The molecule has 1 aliphatic rings. The number of hydrogen-bond donors (Lipinski definition) is 1. The van der Waals surface area contributed by atoms with Crippen LogP contribution in [0.1, 0.15) is 51.5 Å². The second-order valence-corrected chi connectivity index (χ2v) is 7.27. The van der Waals surface area contributed by atoms with E-state index in [4.69, 9.17) is 17.3 Å². The molecule has 1 saturated carbocycles. The lowest BCUT2D eigenvalue weighted by molar-refractivity contribution is 0.200. The van der Waals surface area contributed by atoms with Crippen LogP contribution >= 0.6 is 11.6 Å². The largest absolute Gasteiger partial charge is 0.325 e. The van der Waals surface area contributed by atoms with Gasteiger partial charge < -0.3 is 5.73 Å². The van der Waals surface area contributed by atoms with E-state index in [9.17, 15) is 4.39 Å². The number of benzene rings is 1. The van der Waals surface area contributed by atoms with E-state index in [1.54, 1.807) is 6.07 Å². The molecule has 3 heteroatoms. The summed E-state index contributed by atoms with van der Waals surface area (Å²) in [6.07, 6.45) is 6.38. The molecule has 2 atom stereocenters. The second-order valence-electron chi connectivity index (χ2n) is 6.87. The molecule has 1 aromatic rings. The van der Waals surface area contributed by atoms with Crippen molar-refractivity contribution in [3.8, 4) is 0 Å². The first-order valence-electron chi connectivity index (χ1n) is 7.61. The van der Waals surface area contributed by atoms with Crippen molar-refractivity contribution in [3.05, 3.63) is 34.6 Å². The average Bonchev–Trinajstić information content (AvgIpc) is 2.32. The van der Waals surface area contributed by atoms with Gasteiger partial charge in [0.25, 0.3) is 0 Å². The molecule has 0 spiro atoms. The van der Waals surface area contributed by atoms with Gasteiger partial charge in [0, 0.05) is 10.6 Å². The number of halogens is 2. The van der Waals surface area contributed by atoms with Gasteiger partial charge in [0.15, 0.2) is 0 Å². The van der Waals surface area contributed by atoms with Crippen LogP contribution in [-0.4, -0.2) is 5.54 Å². The van der Waals surface area contributed by atoms with Crippen molar-refractivity contribution in [1.29, 1.82) is 0 Å². The zero-order chi connectivity index (χ0) is 14.8. The van der Waals surface area contributed by atoms with E-state index in [1.807, 2.05) is 0 Å². The maximum absolute atomic E-state index is 13.4. The summed E-state index contributed by atoms with van der Waals surface area (Å²) in [5.41, 5.74) is 7.21. The van der Waals surface area contributed by atoms with Gasteiger partial charge in [-0.1, -0.05) is 38.3 Å². The van der Waals surface area contributed by atoms with Crippen molar-refractivity contribution in [2.24, 2.45) is 17.6 Å². The Morgan fingerprint density at radius 1 is 1.45 bits per heavy atom. The number of rotatable bonds is 4. The highest BCUT2D eigenvalue weighted by Gasteiger charge is 2.33. The molecule has 0 aromatic heterocycles. The fourth-order valence-corrected chi connectivity index (χ4v) is 3.79. The van der Waals surface area contributed by atoms with Gasteiger partial charge in [0.2, 0.25) is 0 Å². The van der Waals surface area contributed by atoms with Crippen molar-refractivity contribution in [2.75, 3.05) is 0 Å². The minimum atomic E-state index is -0.234. The molecular formula is C17H25ClFN. The zero-order valence-electron chi connectivity index (χ0n) is 12.5. The Bertz CT molecular complexity index is 460. The lowest BCUT2D eigenvalue weighted by atomic mass is 9.71. The molecule has 0 amide bonds. The number of nitrogens with two attached hydrogens (primary N) is 1. The van der Waals surface area contributed by atoms with Crippen molar-refractivity contribution in [2.45, 2.75) is 57.9 Å². The van der Waals surface area contributed by atoms with Gasteiger partial charge in [-0.15, -0.1) is 0 Å². The van der Waals surface area contributed by atoms with Crippen LogP contribution in [-0.2, 0) is 6.42 Å². The standard InChI is InChI=1S/C17H25ClFN/c1-12(2)8-13-4-3-7-17(20,10-13)11-14-9-15(19)5-6-16(14)18/h5-6,9,12-13H,3-4,7-8,10-11,20H2,1-2H3. The normalized spacial score (nSPS) is 27.0. The average molecular weight is 298 g/mol. The molecule has 1 aromatic carbocycles. The Hall–Kier alpha value is -0.600. The van der Waals surface area contributed by atoms with Crippen LogP contribution in [0.25, 0.3) is 0 Å². The minimum Gasteiger partial charge on any atom is -0.325 e. The van der Waals surface area contributed by atoms with Crippen LogP contribution in [0.2, 0.25) is 5.02 Å². The third kappa shape index (κ3) is 4.20. The minimum absolute atomic E-state index is 0.227. The van der Waals surface area contributed by atoms with E-state index in [0.29, 0.717) is 23.3 Å². The van der Waals surface area contributed by atoms with Crippen molar-refractivity contribution in [1.82, 2.24) is 0 Å². The van der Waals surface area contributed by atoms with E-state index in [1.165, 1.54) is 31.4 Å². The van der Waals surface area contributed by atoms with Crippen LogP contribution in [0.5, 0.6) is 0 Å². The molecule has 0 bridgehead atoms. The van der Waals surface area contributed by atoms with Crippen LogP contribution in [0.4, 0.5) is 4.39 Å². The SMILES string of the molecule is CC(C)CC1CCCC(N)(Cc2cc(F)ccc2Cl)C1. The van der Waals surface area contributed by atoms with Gasteiger partial charge >= 0.3 is 0 Å². The summed E-state index contributed by atoms with van der Waals surface area (Å²) < 4.78 is 13.4. The van der Waals surface area contributed by atoms with Crippen molar-refractivity contribution >= 4 is 11.6 Å². The second kappa shape index (κ2) is 6.44. The summed E-state index contributed by atoms with van der Waals surface area (Å²) in [6, 6.07) is 4.56. The number of hydrogen-bond acceptors (Lipinski definition) is 1. The molecule has 1 nitrogen and oxygen atoms in total. The van der Waals surface area contributed by atoms with E-state index in [2.05, 4.69) is 13.8 Å². The maximum Gasteiger partial charge on any atom is 0.123 e. The van der Waals surface area contributed by atoms with Crippen LogP contribution in [0.3, 0.4) is 0 Å². The summed E-state index contributed by atoms with van der Waals surface area (Å²) >= 11 is 6.18. The summed E-state index contributed by atoms with van der Waals surface area (Å²) in [5, 5.41) is 0.627. The quantitative estimate of drug-likeness (QED) is 0.835. The Morgan fingerprint density at radius 2 is 2.20 bits per heavy atom. The predicted octanol–water partition coefficient (Wildman–Crippen LogP) is 4.96. The summed E-state index contributed by atoms with van der Waals surface area (Å²) in [6.45, 7) is 4.52. The van der Waals surface area contributed by atoms with Gasteiger partial charge in [-0.25, -0.2) is 4.39 Å². The molecule has 1 fully saturated rings. The molecule has 0 aliphatic heterocycles. The topological polar surface area (TPSA) is 26.0 Å². The third-order valence-electron chi connectivity index (χ3n) is 4.34. The van der Waals surface area contributed by atoms with Crippen molar-refractivity contribution in [3.63, 3.8) is 0 Å². The monoisotopic (exact) mass is 297 g/mol. The fourth-order valence-electron chi connectivity index (χ4n) is 3.61. The van der Waals surface area contributed by atoms with Gasteiger partial charge in [-0.2, -0.15) is 0 Å². The van der Waals surface area contributed by atoms with E-state index in [0.717, 1.165) is 18.4 Å². The Kier molecular flexibility index (Phi) is 5.09. The van der Waals surface area contributed by atoms with E-state index < -0.39 is 0 Å². The van der Waals surface area contributed by atoms with E-state index >= 15 is 0 Å². The summed E-state index contributed by atoms with van der Waals surface area (Å²) in [5.74, 6) is 1.17.